The fraction of sp³-hybridized carbons (Fsp3) is 0.923. The molecule has 0 saturated heterocycles. The molecule has 0 rings (SSSR count). The Morgan fingerprint density at radius 1 is 1.28 bits per heavy atom. The highest BCUT2D eigenvalue weighted by molar-refractivity contribution is 5.72. The minimum Gasteiger partial charge on any atom is -0.469 e. The van der Waals surface area contributed by atoms with Gasteiger partial charge in [-0.25, -0.2) is 0 Å². The van der Waals surface area contributed by atoms with Crippen LogP contribution >= 0.6 is 0 Å². The van der Waals surface area contributed by atoms with Crippen molar-refractivity contribution in [1.82, 2.24) is 0 Å². The van der Waals surface area contributed by atoms with Gasteiger partial charge < -0.3 is 19.3 Å². The van der Waals surface area contributed by atoms with Crippen molar-refractivity contribution in [3.05, 3.63) is 0 Å². The van der Waals surface area contributed by atoms with Crippen molar-refractivity contribution in [2.24, 2.45) is 5.92 Å². The lowest BCUT2D eigenvalue weighted by Crippen LogP contribution is -2.27. The molecule has 0 aromatic rings. The Balaban J connectivity index is 3.83. The zero-order valence-corrected chi connectivity index (χ0v) is 11.8. The normalized spacial score (nSPS) is 16.1. The molecule has 1 N–H and O–H groups in total. The predicted molar refractivity (Wildman–Crippen MR) is 68.1 cm³/mol. The van der Waals surface area contributed by atoms with Crippen LogP contribution in [0.3, 0.4) is 0 Å². The first kappa shape index (κ1) is 17.4. The first-order chi connectivity index (χ1) is 8.56. The van der Waals surface area contributed by atoms with E-state index in [1.165, 1.54) is 7.11 Å². The van der Waals surface area contributed by atoms with E-state index in [-0.39, 0.29) is 12.1 Å². The van der Waals surface area contributed by atoms with Gasteiger partial charge in [-0.2, -0.15) is 0 Å². The van der Waals surface area contributed by atoms with E-state index in [1.54, 1.807) is 14.0 Å². The molecular formula is C13H26O5. The number of hydrogen-bond acceptors (Lipinski definition) is 5. The Kier molecular flexibility index (Phi) is 9.92. The van der Waals surface area contributed by atoms with E-state index in [0.29, 0.717) is 13.2 Å². The van der Waals surface area contributed by atoms with Gasteiger partial charge in [-0.1, -0.05) is 6.92 Å². The smallest absolute Gasteiger partial charge is 0.311 e. The number of carbonyl (C=O) groups is 1. The molecule has 3 atom stereocenters. The molecule has 0 aromatic heterocycles. The Morgan fingerprint density at radius 3 is 2.44 bits per heavy atom. The number of hydrogen-bond donors (Lipinski definition) is 1. The van der Waals surface area contributed by atoms with Crippen LogP contribution in [-0.2, 0) is 19.0 Å². The zero-order valence-electron chi connectivity index (χ0n) is 11.8. The lowest BCUT2D eigenvalue weighted by Gasteiger charge is -2.19. The fourth-order valence-electron chi connectivity index (χ4n) is 1.72. The Hall–Kier alpha value is -0.650. The molecule has 18 heavy (non-hydrogen) atoms. The van der Waals surface area contributed by atoms with Gasteiger partial charge in [0, 0.05) is 7.11 Å². The van der Waals surface area contributed by atoms with Crippen LogP contribution in [-0.4, -0.2) is 44.3 Å². The molecule has 0 heterocycles. The van der Waals surface area contributed by atoms with Crippen LogP contribution in [0.5, 0.6) is 0 Å². The van der Waals surface area contributed by atoms with Crippen molar-refractivity contribution in [3.63, 3.8) is 0 Å². The molecule has 108 valence electrons. The lowest BCUT2D eigenvalue weighted by molar-refractivity contribution is -0.148. The molecule has 0 unspecified atom stereocenters. The highest BCUT2D eigenvalue weighted by Gasteiger charge is 2.22. The van der Waals surface area contributed by atoms with Gasteiger partial charge in [-0.05, 0) is 32.6 Å². The van der Waals surface area contributed by atoms with Crippen molar-refractivity contribution in [2.45, 2.75) is 51.7 Å². The van der Waals surface area contributed by atoms with Crippen LogP contribution in [0.2, 0.25) is 0 Å². The summed E-state index contributed by atoms with van der Waals surface area (Å²) in [6.45, 7) is 4.02. The quantitative estimate of drug-likeness (QED) is 0.480. The molecule has 5 heteroatoms. The predicted octanol–water partition coefficient (Wildman–Crippen LogP) is 1.73. The number of rotatable bonds is 10. The molecule has 5 nitrogen and oxygen atoms in total. The molecular weight excluding hydrogens is 236 g/mol. The molecule has 0 radical (unpaired) electrons. The van der Waals surface area contributed by atoms with E-state index in [4.69, 9.17) is 9.47 Å². The Morgan fingerprint density at radius 2 is 1.94 bits per heavy atom. The molecule has 0 saturated carbocycles. The second-order valence-corrected chi connectivity index (χ2v) is 4.41. The third-order valence-corrected chi connectivity index (χ3v) is 3.05. The van der Waals surface area contributed by atoms with E-state index in [1.807, 2.05) is 6.92 Å². The van der Waals surface area contributed by atoms with Crippen molar-refractivity contribution >= 4 is 5.97 Å². The third kappa shape index (κ3) is 6.93. The van der Waals surface area contributed by atoms with Crippen LogP contribution in [0.1, 0.15) is 39.5 Å². The first-order valence-corrected chi connectivity index (χ1v) is 6.43. The number of aliphatic hydroxyl groups excluding tert-OH is 1. The van der Waals surface area contributed by atoms with Gasteiger partial charge in [-0.3, -0.25) is 4.79 Å². The minimum atomic E-state index is -0.655. The van der Waals surface area contributed by atoms with Gasteiger partial charge in [0.15, 0.2) is 0 Å². The van der Waals surface area contributed by atoms with Crippen molar-refractivity contribution in [3.8, 4) is 0 Å². The van der Waals surface area contributed by atoms with E-state index >= 15 is 0 Å². The fourth-order valence-corrected chi connectivity index (χ4v) is 1.72. The Labute approximate surface area is 109 Å². The molecule has 0 amide bonds. The number of aliphatic hydroxyl groups is 1. The van der Waals surface area contributed by atoms with Gasteiger partial charge in [0.05, 0.1) is 25.2 Å². The van der Waals surface area contributed by atoms with E-state index in [2.05, 4.69) is 4.74 Å². The lowest BCUT2D eigenvalue weighted by atomic mass is 9.98. The van der Waals surface area contributed by atoms with E-state index in [9.17, 15) is 9.90 Å². The van der Waals surface area contributed by atoms with Crippen LogP contribution in [0.15, 0.2) is 0 Å². The summed E-state index contributed by atoms with van der Waals surface area (Å²) >= 11 is 0. The molecule has 0 aliphatic heterocycles. The number of methoxy groups -OCH3 is 2. The van der Waals surface area contributed by atoms with Gasteiger partial charge in [0.2, 0.25) is 0 Å². The highest BCUT2D eigenvalue weighted by atomic mass is 16.7. The van der Waals surface area contributed by atoms with Gasteiger partial charge in [0.25, 0.3) is 0 Å². The molecule has 0 fully saturated rings. The summed E-state index contributed by atoms with van der Waals surface area (Å²) in [4.78, 5) is 11.2. The number of ether oxygens (including phenoxy) is 3. The number of esters is 1. The second kappa shape index (κ2) is 10.3. The maximum absolute atomic E-state index is 11.2. The summed E-state index contributed by atoms with van der Waals surface area (Å²) in [5.74, 6) is -0.847. The molecule has 0 aromatic carbocycles. The van der Waals surface area contributed by atoms with Crippen molar-refractivity contribution < 1.29 is 24.1 Å². The van der Waals surface area contributed by atoms with Crippen LogP contribution < -0.4 is 0 Å². The largest absolute Gasteiger partial charge is 0.469 e. The van der Waals surface area contributed by atoms with E-state index < -0.39 is 12.0 Å². The topological polar surface area (TPSA) is 65.0 Å². The third-order valence-electron chi connectivity index (χ3n) is 3.05. The Bertz CT molecular complexity index is 219. The standard InChI is InChI=1S/C13H26O5/c1-5-11(18-9-16-3)7-6-8-12(14)10(2)13(15)17-4/h10-12,14H,5-9H2,1-4H3/t10-,11+,12+/m1/s1. The SMILES string of the molecule is CC[C@@H](CCC[C@H](O)[C@@H](C)C(=O)OC)OCOC. The molecule has 0 aliphatic rings. The van der Waals surface area contributed by atoms with Crippen molar-refractivity contribution in [1.29, 1.82) is 0 Å². The summed E-state index contributed by atoms with van der Waals surface area (Å²) in [5, 5.41) is 9.81. The van der Waals surface area contributed by atoms with Crippen LogP contribution in [0.4, 0.5) is 0 Å². The van der Waals surface area contributed by atoms with Gasteiger partial charge in [-0.15, -0.1) is 0 Å². The van der Waals surface area contributed by atoms with Crippen LogP contribution in [0.25, 0.3) is 0 Å². The van der Waals surface area contributed by atoms with Gasteiger partial charge >= 0.3 is 5.97 Å². The van der Waals surface area contributed by atoms with E-state index in [0.717, 1.165) is 19.3 Å². The number of carbonyl (C=O) groups excluding carboxylic acids is 1. The summed E-state index contributed by atoms with van der Waals surface area (Å²) < 4.78 is 14.9. The maximum Gasteiger partial charge on any atom is 0.311 e. The average Bonchev–Trinajstić information content (AvgIpc) is 2.40. The monoisotopic (exact) mass is 262 g/mol. The molecule has 0 bridgehead atoms. The summed E-state index contributed by atoms with van der Waals surface area (Å²) in [5.41, 5.74) is 0. The molecule has 0 aliphatic carbocycles. The average molecular weight is 262 g/mol. The second-order valence-electron chi connectivity index (χ2n) is 4.41. The first-order valence-electron chi connectivity index (χ1n) is 6.43. The summed E-state index contributed by atoms with van der Waals surface area (Å²) in [7, 11) is 2.92. The maximum atomic E-state index is 11.2. The molecule has 0 spiro atoms. The zero-order chi connectivity index (χ0) is 14.0. The van der Waals surface area contributed by atoms with Gasteiger partial charge in [0.1, 0.15) is 6.79 Å². The summed E-state index contributed by atoms with van der Waals surface area (Å²) in [6, 6.07) is 0. The minimum absolute atomic E-state index is 0.144. The van der Waals surface area contributed by atoms with Crippen LogP contribution in [0, 0.1) is 5.92 Å². The highest BCUT2D eigenvalue weighted by Crippen LogP contribution is 2.15. The summed E-state index contributed by atoms with van der Waals surface area (Å²) in [6.07, 6.45) is 2.63. The van der Waals surface area contributed by atoms with Crippen molar-refractivity contribution in [2.75, 3.05) is 21.0 Å².